The van der Waals surface area contributed by atoms with E-state index in [0.717, 1.165) is 12.1 Å². The Morgan fingerprint density at radius 3 is 2.70 bits per heavy atom. The average Bonchev–Trinajstić information content (AvgIpc) is 2.39. The highest BCUT2D eigenvalue weighted by molar-refractivity contribution is 6.30. The first-order chi connectivity index (χ1) is 9.43. The molecule has 0 spiro atoms. The van der Waals surface area contributed by atoms with Crippen molar-refractivity contribution in [1.29, 1.82) is 0 Å². The van der Waals surface area contributed by atoms with E-state index in [4.69, 9.17) is 21.8 Å². The first-order valence-corrected chi connectivity index (χ1v) is 6.09. The van der Waals surface area contributed by atoms with Gasteiger partial charge in [0.2, 0.25) is 5.91 Å². The monoisotopic (exact) mass is 301 g/mol. The Bertz CT molecular complexity index is 533. The third-order valence-electron chi connectivity index (χ3n) is 2.40. The van der Waals surface area contributed by atoms with Crippen molar-refractivity contribution < 1.29 is 24.2 Å². The molecule has 108 valence electrons. The van der Waals surface area contributed by atoms with Gasteiger partial charge in [0.15, 0.2) is 0 Å². The van der Waals surface area contributed by atoms with Crippen LogP contribution in [0.3, 0.4) is 0 Å². The quantitative estimate of drug-likeness (QED) is 0.694. The molecule has 0 aliphatic rings. The number of amides is 1. The van der Waals surface area contributed by atoms with E-state index in [-0.39, 0.29) is 18.1 Å². The zero-order valence-corrected chi connectivity index (χ0v) is 11.1. The Kier molecular flexibility index (Phi) is 6.14. The number of nitrogens with one attached hydrogen (secondary N) is 1. The highest BCUT2D eigenvalue weighted by atomic mass is 35.5. The minimum absolute atomic E-state index is 0.0729. The summed E-state index contributed by atoms with van der Waals surface area (Å²) in [5.41, 5.74) is 0.501. The van der Waals surface area contributed by atoms with E-state index < -0.39 is 23.7 Å². The molecule has 0 aliphatic heterocycles. The minimum atomic E-state index is -1.23. The van der Waals surface area contributed by atoms with E-state index in [1.54, 1.807) is 0 Å². The lowest BCUT2D eigenvalue weighted by molar-refractivity contribution is -0.141. The van der Waals surface area contributed by atoms with Gasteiger partial charge in [-0.05, 0) is 23.8 Å². The van der Waals surface area contributed by atoms with E-state index in [1.165, 1.54) is 18.2 Å². The molecule has 0 aromatic heterocycles. The summed E-state index contributed by atoms with van der Waals surface area (Å²) < 4.78 is 12.9. The SMILES string of the molecule is O=C(C=Cc1ccc(F)c(Cl)c1)NC(CCO)C(=O)O. The van der Waals surface area contributed by atoms with Crippen LogP contribution < -0.4 is 5.32 Å². The molecule has 0 saturated carbocycles. The minimum Gasteiger partial charge on any atom is -0.480 e. The maximum atomic E-state index is 12.9. The van der Waals surface area contributed by atoms with Crippen LogP contribution in [0.4, 0.5) is 4.39 Å². The van der Waals surface area contributed by atoms with Gasteiger partial charge in [-0.2, -0.15) is 0 Å². The number of halogens is 2. The summed E-state index contributed by atoms with van der Waals surface area (Å²) in [7, 11) is 0. The first kappa shape index (κ1) is 16.1. The Labute approximate surface area is 119 Å². The molecule has 5 nitrogen and oxygen atoms in total. The lowest BCUT2D eigenvalue weighted by atomic mass is 10.2. The summed E-state index contributed by atoms with van der Waals surface area (Å²) >= 11 is 5.58. The van der Waals surface area contributed by atoms with Crippen LogP contribution in [0.25, 0.3) is 6.08 Å². The van der Waals surface area contributed by atoms with Gasteiger partial charge < -0.3 is 15.5 Å². The van der Waals surface area contributed by atoms with Crippen LogP contribution in [0.1, 0.15) is 12.0 Å². The van der Waals surface area contributed by atoms with Gasteiger partial charge in [0, 0.05) is 19.1 Å². The number of rotatable bonds is 6. The normalized spacial score (nSPS) is 12.3. The summed E-state index contributed by atoms with van der Waals surface area (Å²) in [5, 5.41) is 19.6. The molecule has 3 N–H and O–H groups in total. The number of aliphatic hydroxyl groups excluding tert-OH is 1. The fourth-order valence-corrected chi connectivity index (χ4v) is 1.58. The molecule has 0 saturated heterocycles. The van der Waals surface area contributed by atoms with E-state index in [9.17, 15) is 14.0 Å². The predicted octanol–water partition coefficient (Wildman–Crippen LogP) is 1.44. The number of aliphatic carboxylic acids is 1. The summed E-state index contributed by atoms with van der Waals surface area (Å²) in [6, 6.07) is 2.76. The molecule has 0 fully saturated rings. The van der Waals surface area contributed by atoms with Gasteiger partial charge in [0.1, 0.15) is 11.9 Å². The molecule has 1 aromatic carbocycles. The van der Waals surface area contributed by atoms with Gasteiger partial charge in [-0.1, -0.05) is 17.7 Å². The smallest absolute Gasteiger partial charge is 0.326 e. The fourth-order valence-electron chi connectivity index (χ4n) is 1.39. The number of carbonyl (C=O) groups is 2. The molecule has 20 heavy (non-hydrogen) atoms. The van der Waals surface area contributed by atoms with E-state index in [1.807, 2.05) is 0 Å². The molecule has 1 atom stereocenters. The molecule has 1 unspecified atom stereocenters. The molecule has 1 aromatic rings. The topological polar surface area (TPSA) is 86.6 Å². The van der Waals surface area contributed by atoms with E-state index >= 15 is 0 Å². The summed E-state index contributed by atoms with van der Waals surface area (Å²) in [6.07, 6.45) is 2.40. The van der Waals surface area contributed by atoms with Crippen molar-refractivity contribution in [3.63, 3.8) is 0 Å². The molecular weight excluding hydrogens is 289 g/mol. The predicted molar refractivity (Wildman–Crippen MR) is 71.7 cm³/mol. The third kappa shape index (κ3) is 4.99. The van der Waals surface area contributed by atoms with Crippen molar-refractivity contribution in [2.24, 2.45) is 0 Å². The second-order valence-corrected chi connectivity index (χ2v) is 4.33. The lowest BCUT2D eigenvalue weighted by Crippen LogP contribution is -2.40. The first-order valence-electron chi connectivity index (χ1n) is 5.71. The zero-order valence-electron chi connectivity index (χ0n) is 10.3. The van der Waals surface area contributed by atoms with Gasteiger partial charge >= 0.3 is 5.97 Å². The second-order valence-electron chi connectivity index (χ2n) is 3.92. The molecule has 0 radical (unpaired) electrons. The molecular formula is C13H13ClFNO4. The molecule has 0 heterocycles. The standard InChI is InChI=1S/C13H13ClFNO4/c14-9-7-8(1-3-10(9)15)2-4-12(18)16-11(5-6-17)13(19)20/h1-4,7,11,17H,5-6H2,(H,16,18)(H,19,20). The van der Waals surface area contributed by atoms with E-state index in [2.05, 4.69) is 5.32 Å². The Balaban J connectivity index is 2.67. The number of benzene rings is 1. The van der Waals surface area contributed by atoms with Gasteiger partial charge in [-0.25, -0.2) is 9.18 Å². The maximum absolute atomic E-state index is 12.9. The summed E-state index contributed by atoms with van der Waals surface area (Å²) in [6.45, 7) is -0.353. The highest BCUT2D eigenvalue weighted by Gasteiger charge is 2.17. The molecule has 7 heteroatoms. The number of hydrogen-bond donors (Lipinski definition) is 3. The average molecular weight is 302 g/mol. The van der Waals surface area contributed by atoms with Gasteiger partial charge in [0.25, 0.3) is 0 Å². The Hall–Kier alpha value is -1.92. The van der Waals surface area contributed by atoms with Gasteiger partial charge in [0.05, 0.1) is 5.02 Å². The number of carboxylic acid groups (broad SMARTS) is 1. The number of carboxylic acids is 1. The van der Waals surface area contributed by atoms with Gasteiger partial charge in [-0.3, -0.25) is 4.79 Å². The molecule has 1 rings (SSSR count). The number of aliphatic hydroxyl groups is 1. The van der Waals surface area contributed by atoms with Crippen LogP contribution in [0.15, 0.2) is 24.3 Å². The number of hydrogen-bond acceptors (Lipinski definition) is 3. The molecule has 0 aliphatic carbocycles. The van der Waals surface area contributed by atoms with Crippen molar-refractivity contribution in [1.82, 2.24) is 5.32 Å². The van der Waals surface area contributed by atoms with Crippen molar-refractivity contribution in [3.05, 3.63) is 40.7 Å². The third-order valence-corrected chi connectivity index (χ3v) is 2.69. The Morgan fingerprint density at radius 2 is 2.15 bits per heavy atom. The second kappa shape index (κ2) is 7.62. The van der Waals surface area contributed by atoms with Crippen LogP contribution in [0, 0.1) is 5.82 Å². The van der Waals surface area contributed by atoms with Crippen LogP contribution in [-0.2, 0) is 9.59 Å². The largest absolute Gasteiger partial charge is 0.480 e. The lowest BCUT2D eigenvalue weighted by Gasteiger charge is -2.11. The fraction of sp³-hybridized carbons (Fsp3) is 0.231. The molecule has 1 amide bonds. The van der Waals surface area contributed by atoms with Crippen molar-refractivity contribution in [2.75, 3.05) is 6.61 Å². The van der Waals surface area contributed by atoms with Crippen LogP contribution in [0.5, 0.6) is 0 Å². The van der Waals surface area contributed by atoms with Crippen LogP contribution in [0.2, 0.25) is 5.02 Å². The highest BCUT2D eigenvalue weighted by Crippen LogP contribution is 2.16. The van der Waals surface area contributed by atoms with Crippen molar-refractivity contribution in [2.45, 2.75) is 12.5 Å². The van der Waals surface area contributed by atoms with E-state index in [0.29, 0.717) is 5.56 Å². The summed E-state index contributed by atoms with van der Waals surface area (Å²) in [4.78, 5) is 22.3. The van der Waals surface area contributed by atoms with Crippen molar-refractivity contribution in [3.8, 4) is 0 Å². The number of carbonyl (C=O) groups excluding carboxylic acids is 1. The summed E-state index contributed by atoms with van der Waals surface area (Å²) in [5.74, 6) is -2.43. The van der Waals surface area contributed by atoms with Crippen LogP contribution in [-0.4, -0.2) is 34.7 Å². The van der Waals surface area contributed by atoms with Crippen molar-refractivity contribution >= 4 is 29.6 Å². The van der Waals surface area contributed by atoms with Crippen LogP contribution >= 0.6 is 11.6 Å². The zero-order chi connectivity index (χ0) is 15.1. The Morgan fingerprint density at radius 1 is 1.45 bits per heavy atom. The van der Waals surface area contributed by atoms with Gasteiger partial charge in [-0.15, -0.1) is 0 Å². The molecule has 0 bridgehead atoms. The maximum Gasteiger partial charge on any atom is 0.326 e.